The first-order valence-electron chi connectivity index (χ1n) is 6.57. The summed E-state index contributed by atoms with van der Waals surface area (Å²) in [6, 6.07) is -0.288. The average molecular weight is 241 g/mol. The Morgan fingerprint density at radius 1 is 1.35 bits per heavy atom. The molecule has 1 atom stereocenters. The van der Waals surface area contributed by atoms with Crippen molar-refractivity contribution in [1.29, 1.82) is 0 Å². The minimum Gasteiger partial charge on any atom is -0.480 e. The minimum atomic E-state index is -0.666. The molecule has 0 amide bonds. The fourth-order valence-electron chi connectivity index (χ4n) is 3.01. The third-order valence-corrected chi connectivity index (χ3v) is 4.05. The van der Waals surface area contributed by atoms with Crippen molar-refractivity contribution in [3.63, 3.8) is 0 Å². The number of hydrogen-bond acceptors (Lipinski definition) is 3. The molecule has 0 aromatic heterocycles. The van der Waals surface area contributed by atoms with Gasteiger partial charge in [-0.3, -0.25) is 9.69 Å². The summed E-state index contributed by atoms with van der Waals surface area (Å²) in [6.45, 7) is 7.74. The van der Waals surface area contributed by atoms with Crippen LogP contribution in [0.1, 0.15) is 33.1 Å². The van der Waals surface area contributed by atoms with E-state index in [0.29, 0.717) is 11.3 Å². The van der Waals surface area contributed by atoms with Crippen LogP contribution >= 0.6 is 0 Å². The quantitative estimate of drug-likeness (QED) is 0.812. The van der Waals surface area contributed by atoms with Gasteiger partial charge in [0.15, 0.2) is 0 Å². The number of likely N-dealkylation sites (tertiary alicyclic amines) is 1. The van der Waals surface area contributed by atoms with Gasteiger partial charge in [0.05, 0.1) is 0 Å². The van der Waals surface area contributed by atoms with Crippen LogP contribution in [0.3, 0.4) is 0 Å². The standard InChI is InChI=1S/C13H23NO3/c1-10(2)7-11(12(15)16)14-8-13(9-14)3-5-17-6-4-13/h10-11H,3-9H2,1-2H3,(H,15,16). The van der Waals surface area contributed by atoms with Gasteiger partial charge in [-0.05, 0) is 25.2 Å². The van der Waals surface area contributed by atoms with Gasteiger partial charge in [-0.2, -0.15) is 0 Å². The number of rotatable bonds is 4. The van der Waals surface area contributed by atoms with Crippen LogP contribution in [-0.4, -0.2) is 48.3 Å². The van der Waals surface area contributed by atoms with Crippen molar-refractivity contribution in [2.24, 2.45) is 11.3 Å². The predicted octanol–water partition coefficient (Wildman–Crippen LogP) is 1.60. The van der Waals surface area contributed by atoms with E-state index in [0.717, 1.165) is 45.6 Å². The van der Waals surface area contributed by atoms with E-state index < -0.39 is 5.97 Å². The molecule has 2 saturated heterocycles. The second kappa shape index (κ2) is 4.94. The fourth-order valence-corrected chi connectivity index (χ4v) is 3.01. The lowest BCUT2D eigenvalue weighted by Crippen LogP contribution is -2.63. The van der Waals surface area contributed by atoms with Crippen molar-refractivity contribution >= 4 is 5.97 Å². The molecule has 1 spiro atoms. The van der Waals surface area contributed by atoms with Gasteiger partial charge in [-0.1, -0.05) is 13.8 Å². The van der Waals surface area contributed by atoms with E-state index in [2.05, 4.69) is 18.7 Å². The molecule has 2 aliphatic rings. The Kier molecular flexibility index (Phi) is 3.73. The van der Waals surface area contributed by atoms with Gasteiger partial charge in [0.1, 0.15) is 6.04 Å². The zero-order valence-electron chi connectivity index (χ0n) is 10.8. The predicted molar refractivity (Wildman–Crippen MR) is 64.9 cm³/mol. The van der Waals surface area contributed by atoms with Gasteiger partial charge >= 0.3 is 5.97 Å². The highest BCUT2D eigenvalue weighted by molar-refractivity contribution is 5.73. The highest BCUT2D eigenvalue weighted by Crippen LogP contribution is 2.41. The maximum Gasteiger partial charge on any atom is 0.320 e. The van der Waals surface area contributed by atoms with Crippen LogP contribution in [0.2, 0.25) is 0 Å². The molecule has 0 aromatic carbocycles. The van der Waals surface area contributed by atoms with Crippen LogP contribution < -0.4 is 0 Å². The van der Waals surface area contributed by atoms with Gasteiger partial charge in [0.25, 0.3) is 0 Å². The van der Waals surface area contributed by atoms with E-state index in [-0.39, 0.29) is 6.04 Å². The largest absolute Gasteiger partial charge is 0.480 e. The van der Waals surface area contributed by atoms with Gasteiger partial charge in [-0.25, -0.2) is 0 Å². The van der Waals surface area contributed by atoms with E-state index in [1.807, 2.05) is 0 Å². The van der Waals surface area contributed by atoms with E-state index >= 15 is 0 Å². The highest BCUT2D eigenvalue weighted by atomic mass is 16.5. The molecule has 2 fully saturated rings. The number of hydrogen-bond donors (Lipinski definition) is 1. The van der Waals surface area contributed by atoms with E-state index in [1.165, 1.54) is 0 Å². The molecule has 0 aromatic rings. The SMILES string of the molecule is CC(C)CC(C(=O)O)N1CC2(CCOCC2)C1. The number of carboxylic acids is 1. The molecule has 0 bridgehead atoms. The Bertz CT molecular complexity index is 276. The Hall–Kier alpha value is -0.610. The summed E-state index contributed by atoms with van der Waals surface area (Å²) < 4.78 is 5.37. The van der Waals surface area contributed by atoms with Crippen LogP contribution in [0, 0.1) is 11.3 Å². The highest BCUT2D eigenvalue weighted by Gasteiger charge is 2.47. The maximum atomic E-state index is 11.3. The van der Waals surface area contributed by atoms with Gasteiger partial charge in [0, 0.05) is 31.7 Å². The summed E-state index contributed by atoms with van der Waals surface area (Å²) in [5, 5.41) is 9.28. The third-order valence-electron chi connectivity index (χ3n) is 4.05. The van der Waals surface area contributed by atoms with E-state index in [4.69, 9.17) is 4.74 Å². The number of nitrogens with zero attached hydrogens (tertiary/aromatic N) is 1. The van der Waals surface area contributed by atoms with E-state index in [9.17, 15) is 9.90 Å². The molecule has 4 heteroatoms. The summed E-state index contributed by atoms with van der Waals surface area (Å²) in [5.41, 5.74) is 0.364. The number of aliphatic carboxylic acids is 1. The molecular weight excluding hydrogens is 218 g/mol. The first-order chi connectivity index (χ1) is 8.02. The van der Waals surface area contributed by atoms with Crippen molar-refractivity contribution in [3.8, 4) is 0 Å². The van der Waals surface area contributed by atoms with Crippen molar-refractivity contribution in [2.75, 3.05) is 26.3 Å². The molecule has 0 aliphatic carbocycles. The summed E-state index contributed by atoms with van der Waals surface area (Å²) >= 11 is 0. The number of carbonyl (C=O) groups is 1. The monoisotopic (exact) mass is 241 g/mol. The van der Waals surface area contributed by atoms with Crippen LogP contribution in [-0.2, 0) is 9.53 Å². The van der Waals surface area contributed by atoms with Crippen LogP contribution in [0.15, 0.2) is 0 Å². The lowest BCUT2D eigenvalue weighted by molar-refractivity contribution is -0.155. The first-order valence-corrected chi connectivity index (χ1v) is 6.57. The van der Waals surface area contributed by atoms with Gasteiger partial charge in [-0.15, -0.1) is 0 Å². The third kappa shape index (κ3) is 2.80. The van der Waals surface area contributed by atoms with Gasteiger partial charge in [0.2, 0.25) is 0 Å². The second-order valence-electron chi connectivity index (χ2n) is 6.00. The molecule has 98 valence electrons. The molecule has 17 heavy (non-hydrogen) atoms. The summed E-state index contributed by atoms with van der Waals surface area (Å²) in [7, 11) is 0. The minimum absolute atomic E-state index is 0.288. The lowest BCUT2D eigenvalue weighted by atomic mass is 9.72. The Morgan fingerprint density at radius 3 is 2.41 bits per heavy atom. The maximum absolute atomic E-state index is 11.3. The smallest absolute Gasteiger partial charge is 0.320 e. The lowest BCUT2D eigenvalue weighted by Gasteiger charge is -2.54. The molecule has 0 radical (unpaired) electrons. The Balaban J connectivity index is 1.89. The van der Waals surface area contributed by atoms with Crippen molar-refractivity contribution in [1.82, 2.24) is 4.90 Å². The molecule has 4 nitrogen and oxygen atoms in total. The average Bonchev–Trinajstić information content (AvgIpc) is 2.23. The first kappa shape index (κ1) is 12.8. The molecule has 1 unspecified atom stereocenters. The van der Waals surface area contributed by atoms with Crippen molar-refractivity contribution < 1.29 is 14.6 Å². The normalized spacial score (nSPS) is 25.8. The van der Waals surface area contributed by atoms with Gasteiger partial charge < -0.3 is 9.84 Å². The second-order valence-corrected chi connectivity index (χ2v) is 6.00. The summed E-state index contributed by atoms with van der Waals surface area (Å²) in [4.78, 5) is 13.4. The Labute approximate surface area is 103 Å². The molecular formula is C13H23NO3. The zero-order chi connectivity index (χ0) is 12.5. The summed E-state index contributed by atoms with van der Waals surface area (Å²) in [5.74, 6) is -0.233. The van der Waals surface area contributed by atoms with Crippen molar-refractivity contribution in [3.05, 3.63) is 0 Å². The topological polar surface area (TPSA) is 49.8 Å². The zero-order valence-corrected chi connectivity index (χ0v) is 10.8. The number of carboxylic acid groups (broad SMARTS) is 1. The van der Waals surface area contributed by atoms with Crippen LogP contribution in [0.25, 0.3) is 0 Å². The van der Waals surface area contributed by atoms with Crippen LogP contribution in [0.4, 0.5) is 0 Å². The van der Waals surface area contributed by atoms with Crippen molar-refractivity contribution in [2.45, 2.75) is 39.2 Å². The molecule has 2 aliphatic heterocycles. The summed E-state index contributed by atoms with van der Waals surface area (Å²) in [6.07, 6.45) is 2.94. The van der Waals surface area contributed by atoms with E-state index in [1.54, 1.807) is 0 Å². The Morgan fingerprint density at radius 2 is 1.94 bits per heavy atom. The number of ether oxygens (including phenoxy) is 1. The molecule has 2 rings (SSSR count). The fraction of sp³-hybridized carbons (Fsp3) is 0.923. The van der Waals surface area contributed by atoms with Crippen LogP contribution in [0.5, 0.6) is 0 Å². The molecule has 2 heterocycles. The molecule has 0 saturated carbocycles. The molecule has 1 N–H and O–H groups in total.